The first-order valence-electron chi connectivity index (χ1n) is 7.48. The molecule has 1 saturated heterocycles. The van der Waals surface area contributed by atoms with Gasteiger partial charge in [0.2, 0.25) is 0 Å². The number of piperidine rings is 1. The zero-order valence-corrected chi connectivity index (χ0v) is 11.4. The van der Waals surface area contributed by atoms with Crippen molar-refractivity contribution in [2.45, 2.75) is 39.0 Å². The molecule has 1 aromatic carbocycles. The molecule has 0 bridgehead atoms. The lowest BCUT2D eigenvalue weighted by molar-refractivity contribution is 0.405. The number of anilines is 2. The Morgan fingerprint density at radius 1 is 1.33 bits per heavy atom. The Bertz CT molecular complexity index is 414. The van der Waals surface area contributed by atoms with Gasteiger partial charge in [0.1, 0.15) is 0 Å². The van der Waals surface area contributed by atoms with Crippen molar-refractivity contribution in [3.05, 3.63) is 23.8 Å². The molecule has 2 nitrogen and oxygen atoms in total. The fourth-order valence-corrected chi connectivity index (χ4v) is 3.28. The molecule has 2 heterocycles. The van der Waals surface area contributed by atoms with Crippen molar-refractivity contribution in [2.24, 2.45) is 5.92 Å². The quantitative estimate of drug-likeness (QED) is 0.854. The number of rotatable bonds is 2. The van der Waals surface area contributed by atoms with E-state index < -0.39 is 0 Å². The van der Waals surface area contributed by atoms with E-state index >= 15 is 0 Å². The van der Waals surface area contributed by atoms with E-state index in [1.807, 2.05) is 0 Å². The summed E-state index contributed by atoms with van der Waals surface area (Å²) in [5.41, 5.74) is 4.28. The summed E-state index contributed by atoms with van der Waals surface area (Å²) >= 11 is 0. The van der Waals surface area contributed by atoms with Crippen molar-refractivity contribution in [1.29, 1.82) is 0 Å². The van der Waals surface area contributed by atoms with Gasteiger partial charge >= 0.3 is 0 Å². The van der Waals surface area contributed by atoms with Crippen LogP contribution < -0.4 is 10.2 Å². The molecule has 1 N–H and O–H groups in total. The molecule has 2 aliphatic rings. The topological polar surface area (TPSA) is 15.3 Å². The summed E-state index contributed by atoms with van der Waals surface area (Å²) in [6, 6.07) is 7.02. The highest BCUT2D eigenvalue weighted by Crippen LogP contribution is 2.30. The maximum atomic E-state index is 3.54. The number of nitrogens with zero attached hydrogens (tertiary/aromatic N) is 1. The molecule has 98 valence electrons. The Morgan fingerprint density at radius 2 is 2.28 bits per heavy atom. The Morgan fingerprint density at radius 3 is 3.17 bits per heavy atom. The van der Waals surface area contributed by atoms with Crippen molar-refractivity contribution in [3.63, 3.8) is 0 Å². The zero-order valence-electron chi connectivity index (χ0n) is 11.4. The number of hydrogen-bond donors (Lipinski definition) is 1. The smallest absolute Gasteiger partial charge is 0.0393 e. The molecule has 2 aliphatic heterocycles. The van der Waals surface area contributed by atoms with Crippen LogP contribution >= 0.6 is 0 Å². The van der Waals surface area contributed by atoms with Crippen LogP contribution in [0.5, 0.6) is 0 Å². The number of aryl methyl sites for hydroxylation is 1. The minimum absolute atomic E-state index is 0.891. The van der Waals surface area contributed by atoms with Crippen LogP contribution in [0, 0.1) is 5.92 Å². The second-order valence-electron chi connectivity index (χ2n) is 5.73. The van der Waals surface area contributed by atoms with Crippen molar-refractivity contribution < 1.29 is 0 Å². The molecule has 0 spiro atoms. The predicted octanol–water partition coefficient (Wildman–Crippen LogP) is 3.67. The van der Waals surface area contributed by atoms with Gasteiger partial charge in [-0.3, -0.25) is 0 Å². The van der Waals surface area contributed by atoms with Crippen LogP contribution in [0.25, 0.3) is 0 Å². The predicted molar refractivity (Wildman–Crippen MR) is 78.5 cm³/mol. The lowest BCUT2D eigenvalue weighted by atomic mass is 9.95. The minimum atomic E-state index is 0.891. The van der Waals surface area contributed by atoms with E-state index in [0.29, 0.717) is 0 Å². The van der Waals surface area contributed by atoms with Crippen LogP contribution in [0.2, 0.25) is 0 Å². The van der Waals surface area contributed by atoms with Crippen LogP contribution in [0.3, 0.4) is 0 Å². The summed E-state index contributed by atoms with van der Waals surface area (Å²) in [4.78, 5) is 2.58. The van der Waals surface area contributed by atoms with Crippen molar-refractivity contribution in [3.8, 4) is 0 Å². The average molecular weight is 244 g/mol. The molecular formula is C16H24N2. The van der Waals surface area contributed by atoms with Gasteiger partial charge in [-0.2, -0.15) is 0 Å². The molecule has 0 radical (unpaired) electrons. The summed E-state index contributed by atoms with van der Waals surface area (Å²) in [5.74, 6) is 0.891. The van der Waals surface area contributed by atoms with Crippen LogP contribution in [0.1, 0.15) is 38.2 Å². The number of fused-ring (bicyclic) bond motifs is 1. The summed E-state index contributed by atoms with van der Waals surface area (Å²) in [7, 11) is 0. The lowest BCUT2D eigenvalue weighted by Crippen LogP contribution is -2.35. The molecule has 18 heavy (non-hydrogen) atoms. The third kappa shape index (κ3) is 2.33. The summed E-state index contributed by atoms with van der Waals surface area (Å²) < 4.78 is 0. The lowest BCUT2D eigenvalue weighted by Gasteiger charge is -2.34. The highest BCUT2D eigenvalue weighted by molar-refractivity contribution is 5.63. The molecular weight excluding hydrogens is 220 g/mol. The molecule has 0 amide bonds. The first-order chi connectivity index (χ1) is 8.86. The third-order valence-corrected chi connectivity index (χ3v) is 4.49. The first-order valence-corrected chi connectivity index (χ1v) is 7.48. The van der Waals surface area contributed by atoms with Gasteiger partial charge < -0.3 is 10.2 Å². The Hall–Kier alpha value is -1.18. The monoisotopic (exact) mass is 244 g/mol. The Balaban J connectivity index is 1.79. The molecule has 3 rings (SSSR count). The Kier molecular flexibility index (Phi) is 3.44. The van der Waals surface area contributed by atoms with Gasteiger partial charge in [0.15, 0.2) is 0 Å². The average Bonchev–Trinajstić information content (AvgIpc) is 2.47. The fourth-order valence-electron chi connectivity index (χ4n) is 3.28. The highest BCUT2D eigenvalue weighted by atomic mass is 15.1. The summed E-state index contributed by atoms with van der Waals surface area (Å²) in [6.07, 6.45) is 6.59. The van der Waals surface area contributed by atoms with Gasteiger partial charge in [-0.05, 0) is 49.3 Å². The van der Waals surface area contributed by atoms with E-state index in [9.17, 15) is 0 Å². The SMILES string of the molecule is CCC1CCCN(c2ccc3c(c2)NCCC3)C1. The van der Waals surface area contributed by atoms with E-state index in [2.05, 4.69) is 35.3 Å². The zero-order chi connectivity index (χ0) is 12.4. The normalized spacial score (nSPS) is 23.4. The molecule has 0 saturated carbocycles. The molecule has 1 fully saturated rings. The van der Waals surface area contributed by atoms with E-state index in [4.69, 9.17) is 0 Å². The number of hydrogen-bond acceptors (Lipinski definition) is 2. The van der Waals surface area contributed by atoms with Crippen molar-refractivity contribution in [1.82, 2.24) is 0 Å². The highest BCUT2D eigenvalue weighted by Gasteiger charge is 2.19. The van der Waals surface area contributed by atoms with Gasteiger partial charge in [-0.25, -0.2) is 0 Å². The van der Waals surface area contributed by atoms with Gasteiger partial charge in [0.05, 0.1) is 0 Å². The first kappa shape index (κ1) is 11.9. The minimum Gasteiger partial charge on any atom is -0.385 e. The molecule has 1 unspecified atom stereocenters. The van der Waals surface area contributed by atoms with E-state index in [0.717, 1.165) is 12.5 Å². The molecule has 2 heteroatoms. The maximum Gasteiger partial charge on any atom is 0.0393 e. The molecule has 0 aromatic heterocycles. The number of benzene rings is 1. The largest absolute Gasteiger partial charge is 0.385 e. The van der Waals surface area contributed by atoms with Crippen molar-refractivity contribution in [2.75, 3.05) is 29.9 Å². The fraction of sp³-hybridized carbons (Fsp3) is 0.625. The third-order valence-electron chi connectivity index (χ3n) is 4.49. The van der Waals surface area contributed by atoms with Crippen LogP contribution in [0.4, 0.5) is 11.4 Å². The standard InChI is InChI=1S/C16H24N2/c1-2-13-5-4-10-18(12-13)15-8-7-14-6-3-9-17-16(14)11-15/h7-8,11,13,17H,2-6,9-10,12H2,1H3. The van der Waals surface area contributed by atoms with E-state index in [1.54, 1.807) is 0 Å². The van der Waals surface area contributed by atoms with Gasteiger partial charge in [0, 0.05) is 31.0 Å². The van der Waals surface area contributed by atoms with Gasteiger partial charge in [-0.15, -0.1) is 0 Å². The second-order valence-corrected chi connectivity index (χ2v) is 5.73. The maximum absolute atomic E-state index is 3.54. The van der Waals surface area contributed by atoms with Gasteiger partial charge in [-0.1, -0.05) is 19.4 Å². The molecule has 0 aliphatic carbocycles. The van der Waals surface area contributed by atoms with Crippen LogP contribution in [-0.4, -0.2) is 19.6 Å². The van der Waals surface area contributed by atoms with Gasteiger partial charge in [0.25, 0.3) is 0 Å². The molecule has 1 atom stereocenters. The summed E-state index contributed by atoms with van der Waals surface area (Å²) in [6.45, 7) is 5.93. The van der Waals surface area contributed by atoms with E-state index in [1.165, 1.54) is 62.1 Å². The molecule has 1 aromatic rings. The number of nitrogens with one attached hydrogen (secondary N) is 1. The summed E-state index contributed by atoms with van der Waals surface area (Å²) in [5, 5.41) is 3.54. The van der Waals surface area contributed by atoms with Crippen LogP contribution in [0.15, 0.2) is 18.2 Å². The Labute approximate surface area is 110 Å². The van der Waals surface area contributed by atoms with Crippen LogP contribution in [-0.2, 0) is 6.42 Å². The van der Waals surface area contributed by atoms with Crippen molar-refractivity contribution >= 4 is 11.4 Å². The second kappa shape index (κ2) is 5.21. The van der Waals surface area contributed by atoms with E-state index in [-0.39, 0.29) is 0 Å².